The number of ether oxygens (including phenoxy) is 1. The number of aryl methyl sites for hydroxylation is 1. The topological polar surface area (TPSA) is 112 Å². The monoisotopic (exact) mass is 476 g/mol. The summed E-state index contributed by atoms with van der Waals surface area (Å²) in [6.45, 7) is 5.06. The van der Waals surface area contributed by atoms with Crippen LogP contribution in [-0.2, 0) is 4.79 Å². The first-order valence-corrected chi connectivity index (χ1v) is 11.4. The van der Waals surface area contributed by atoms with Gasteiger partial charge in [0.25, 0.3) is 5.91 Å². The second-order valence-corrected chi connectivity index (χ2v) is 8.66. The number of hydrogen-bond donors (Lipinski definition) is 3. The molecule has 35 heavy (non-hydrogen) atoms. The van der Waals surface area contributed by atoms with Crippen molar-refractivity contribution < 1.29 is 18.7 Å². The third kappa shape index (κ3) is 4.59. The Morgan fingerprint density at radius 1 is 1.23 bits per heavy atom. The van der Waals surface area contributed by atoms with Gasteiger partial charge in [0.2, 0.25) is 5.95 Å². The number of aromatic amines is 1. The van der Waals surface area contributed by atoms with Gasteiger partial charge in [-0.1, -0.05) is 0 Å². The smallest absolute Gasteiger partial charge is 0.408 e. The third-order valence-corrected chi connectivity index (χ3v) is 6.31. The van der Waals surface area contributed by atoms with E-state index in [4.69, 9.17) is 4.74 Å². The van der Waals surface area contributed by atoms with Gasteiger partial charge in [-0.25, -0.2) is 19.2 Å². The number of benzene rings is 1. The Morgan fingerprint density at radius 3 is 2.71 bits per heavy atom. The number of piperidine rings is 1. The summed E-state index contributed by atoms with van der Waals surface area (Å²) in [6, 6.07) is 5.92. The number of fused-ring (bicyclic) bond motifs is 1. The quantitative estimate of drug-likeness (QED) is 0.494. The van der Waals surface area contributed by atoms with E-state index in [0.29, 0.717) is 45.5 Å². The highest BCUT2D eigenvalue weighted by molar-refractivity contribution is 6.34. The van der Waals surface area contributed by atoms with Gasteiger partial charge in [0.1, 0.15) is 5.82 Å². The van der Waals surface area contributed by atoms with E-state index < -0.39 is 11.9 Å². The lowest BCUT2D eigenvalue weighted by Crippen LogP contribution is -2.46. The molecule has 1 aromatic carbocycles. The van der Waals surface area contributed by atoms with Crippen LogP contribution in [0.25, 0.3) is 11.6 Å². The highest BCUT2D eigenvalue weighted by Gasteiger charge is 2.27. The van der Waals surface area contributed by atoms with E-state index in [0.717, 1.165) is 25.9 Å². The second kappa shape index (κ2) is 9.21. The number of hydrogen-bond acceptors (Lipinski definition) is 6. The first-order valence-electron chi connectivity index (χ1n) is 11.4. The number of H-pyrrole nitrogens is 1. The number of anilines is 2. The van der Waals surface area contributed by atoms with Crippen LogP contribution in [0.15, 0.2) is 36.7 Å². The molecule has 0 spiro atoms. The van der Waals surface area contributed by atoms with Crippen LogP contribution in [0.4, 0.5) is 20.8 Å². The minimum absolute atomic E-state index is 0.0165. The van der Waals surface area contributed by atoms with E-state index in [-0.39, 0.29) is 11.9 Å². The van der Waals surface area contributed by atoms with Gasteiger partial charge < -0.3 is 25.3 Å². The number of rotatable bonds is 4. The third-order valence-electron chi connectivity index (χ3n) is 6.31. The van der Waals surface area contributed by atoms with Crippen LogP contribution in [0.2, 0.25) is 0 Å². The number of carbonyl (C=O) groups is 2. The molecule has 0 saturated carbocycles. The first-order chi connectivity index (χ1) is 16.9. The van der Waals surface area contributed by atoms with Crippen molar-refractivity contribution >= 4 is 35.3 Å². The summed E-state index contributed by atoms with van der Waals surface area (Å²) >= 11 is 0. The average Bonchev–Trinajstić information content (AvgIpc) is 3.30. The predicted octanol–water partition coefficient (Wildman–Crippen LogP) is 3.81. The van der Waals surface area contributed by atoms with Crippen LogP contribution in [0, 0.1) is 19.7 Å². The van der Waals surface area contributed by atoms with Crippen molar-refractivity contribution in [2.24, 2.45) is 0 Å². The lowest BCUT2D eigenvalue weighted by Gasteiger charge is -2.32. The maximum atomic E-state index is 13.7. The molecular formula is C25H25FN6O3. The first kappa shape index (κ1) is 22.6. The fraction of sp³-hybridized carbons (Fsp3) is 0.280. The van der Waals surface area contributed by atoms with Crippen molar-refractivity contribution in [1.82, 2.24) is 20.3 Å². The molecule has 5 rings (SSSR count). The highest BCUT2D eigenvalue weighted by Crippen LogP contribution is 2.35. The number of amides is 2. The molecule has 1 fully saturated rings. The average molecular weight is 477 g/mol. The number of aromatic nitrogens is 3. The zero-order valence-corrected chi connectivity index (χ0v) is 19.4. The summed E-state index contributed by atoms with van der Waals surface area (Å²) in [7, 11) is 0. The van der Waals surface area contributed by atoms with Crippen molar-refractivity contribution in [3.05, 3.63) is 65.0 Å². The maximum Gasteiger partial charge on any atom is 0.412 e. The van der Waals surface area contributed by atoms with Gasteiger partial charge in [-0.05, 0) is 57.0 Å². The molecule has 180 valence electrons. The van der Waals surface area contributed by atoms with E-state index >= 15 is 0 Å². The molecule has 9 nitrogen and oxygen atoms in total. The molecule has 2 aromatic heterocycles. The van der Waals surface area contributed by atoms with Crippen LogP contribution < -0.4 is 20.3 Å². The summed E-state index contributed by atoms with van der Waals surface area (Å²) in [5.41, 5.74) is 3.34. The molecule has 2 aliphatic rings. The standard InChI is InChI=1S/C25H25FN6O3/c1-14-21(13-19-18-12-16(26)4-5-20(18)31-23(19)33)29-15(2)22(14)35-25(34)30-17-6-10-32(11-7-17)24-27-8-3-9-28-24/h3-5,8-9,12-13,17,29H,6-7,10-11H2,1-2H3,(H,30,34)(H,31,33)/b19-13-. The van der Waals surface area contributed by atoms with Crippen LogP contribution >= 0.6 is 0 Å². The van der Waals surface area contributed by atoms with Gasteiger partial charge in [-0.3, -0.25) is 4.79 Å². The summed E-state index contributed by atoms with van der Waals surface area (Å²) in [5, 5.41) is 5.67. The van der Waals surface area contributed by atoms with Gasteiger partial charge in [-0.2, -0.15) is 0 Å². The Hall–Kier alpha value is -4.21. The number of halogens is 1. The Kier molecular flexibility index (Phi) is 5.94. The SMILES string of the molecule is Cc1[nH]c(/C=C2\C(=O)Nc3ccc(F)cc32)c(C)c1OC(=O)NC1CCN(c2ncccn2)CC1. The number of nitrogens with zero attached hydrogens (tertiary/aromatic N) is 3. The molecule has 2 aliphatic heterocycles. The minimum atomic E-state index is -0.533. The number of nitrogens with one attached hydrogen (secondary N) is 3. The van der Waals surface area contributed by atoms with E-state index in [9.17, 15) is 14.0 Å². The van der Waals surface area contributed by atoms with Crippen molar-refractivity contribution in [1.29, 1.82) is 0 Å². The lowest BCUT2D eigenvalue weighted by atomic mass is 10.0. The Balaban J connectivity index is 1.25. The summed E-state index contributed by atoms with van der Waals surface area (Å²) < 4.78 is 19.4. The van der Waals surface area contributed by atoms with Gasteiger partial charge in [0, 0.05) is 54.0 Å². The Morgan fingerprint density at radius 2 is 1.97 bits per heavy atom. The molecule has 2 amide bonds. The molecule has 0 unspecified atom stereocenters. The molecule has 1 saturated heterocycles. The van der Waals surface area contributed by atoms with Crippen molar-refractivity contribution in [2.45, 2.75) is 32.7 Å². The zero-order valence-electron chi connectivity index (χ0n) is 19.4. The van der Waals surface area contributed by atoms with Gasteiger partial charge in [0.15, 0.2) is 5.75 Å². The normalized spacial score (nSPS) is 16.8. The molecule has 4 heterocycles. The van der Waals surface area contributed by atoms with Crippen LogP contribution in [-0.4, -0.2) is 46.1 Å². The summed E-state index contributed by atoms with van der Waals surface area (Å²) in [6.07, 6.45) is 6.05. The summed E-state index contributed by atoms with van der Waals surface area (Å²) in [5.74, 6) is 0.357. The van der Waals surface area contributed by atoms with Crippen molar-refractivity contribution in [2.75, 3.05) is 23.3 Å². The van der Waals surface area contributed by atoms with E-state index in [1.54, 1.807) is 38.4 Å². The van der Waals surface area contributed by atoms with Gasteiger partial charge in [-0.15, -0.1) is 0 Å². The fourth-order valence-corrected chi connectivity index (χ4v) is 4.47. The van der Waals surface area contributed by atoms with Gasteiger partial charge >= 0.3 is 6.09 Å². The fourth-order valence-electron chi connectivity index (χ4n) is 4.47. The molecule has 3 aromatic rings. The van der Waals surface area contributed by atoms with E-state index in [1.807, 2.05) is 0 Å². The summed E-state index contributed by atoms with van der Waals surface area (Å²) in [4.78, 5) is 38.9. The zero-order chi connectivity index (χ0) is 24.5. The number of carbonyl (C=O) groups excluding carboxylic acids is 2. The maximum absolute atomic E-state index is 13.7. The largest absolute Gasteiger partial charge is 0.412 e. The molecule has 10 heteroatoms. The minimum Gasteiger partial charge on any atom is -0.408 e. The molecular weight excluding hydrogens is 451 g/mol. The lowest BCUT2D eigenvalue weighted by molar-refractivity contribution is -0.110. The van der Waals surface area contributed by atoms with Crippen LogP contribution in [0.3, 0.4) is 0 Å². The Bertz CT molecular complexity index is 1310. The van der Waals surface area contributed by atoms with Crippen molar-refractivity contribution in [3.63, 3.8) is 0 Å². The molecule has 0 radical (unpaired) electrons. The van der Waals surface area contributed by atoms with E-state index in [1.165, 1.54) is 18.2 Å². The molecule has 0 aliphatic carbocycles. The van der Waals surface area contributed by atoms with Crippen LogP contribution in [0.1, 0.15) is 35.4 Å². The van der Waals surface area contributed by atoms with Crippen molar-refractivity contribution in [3.8, 4) is 5.75 Å². The molecule has 3 N–H and O–H groups in total. The van der Waals surface area contributed by atoms with E-state index in [2.05, 4.69) is 30.5 Å². The predicted molar refractivity (Wildman–Crippen MR) is 130 cm³/mol. The second-order valence-electron chi connectivity index (χ2n) is 8.66. The molecule has 0 atom stereocenters. The van der Waals surface area contributed by atoms with Gasteiger partial charge in [0.05, 0.1) is 11.3 Å². The highest BCUT2D eigenvalue weighted by atomic mass is 19.1. The molecule has 0 bridgehead atoms. The van der Waals surface area contributed by atoms with Crippen LogP contribution in [0.5, 0.6) is 5.75 Å². The Labute approximate surface area is 201 Å².